The van der Waals surface area contributed by atoms with E-state index in [2.05, 4.69) is 56.3 Å². The molecule has 0 fully saturated rings. The van der Waals surface area contributed by atoms with Crippen molar-refractivity contribution in [3.8, 4) is 33.4 Å². The molecule has 2 aliphatic carbocycles. The summed E-state index contributed by atoms with van der Waals surface area (Å²) < 4.78 is 67.0. The topological polar surface area (TPSA) is 6.48 Å². The van der Waals surface area contributed by atoms with Crippen LogP contribution in [0.15, 0.2) is 200 Å². The molecule has 0 bridgehead atoms. The second-order valence-electron chi connectivity index (χ2n) is 16.6. The van der Waals surface area contributed by atoms with Crippen LogP contribution in [0.25, 0.3) is 39.0 Å². The van der Waals surface area contributed by atoms with Crippen LogP contribution >= 0.6 is 0 Å². The summed E-state index contributed by atoms with van der Waals surface area (Å²) in [6.07, 6.45) is 6.15. The molecule has 0 spiro atoms. The lowest BCUT2D eigenvalue weighted by Crippen LogP contribution is -2.20. The lowest BCUT2D eigenvalue weighted by molar-refractivity contribution is 0.461. The smallest absolute Gasteiger partial charge is 0.186 e. The molecule has 10 rings (SSSR count). The van der Waals surface area contributed by atoms with Gasteiger partial charge in [-0.15, -0.1) is 0 Å². The molecule has 2 nitrogen and oxygen atoms in total. The van der Waals surface area contributed by atoms with Gasteiger partial charge in [-0.05, 0) is 118 Å². The molecular weight excluding hydrogens is 789 g/mol. The molecule has 0 aromatic heterocycles. The number of hydrogen-bond acceptors (Lipinski definition) is 2. The van der Waals surface area contributed by atoms with Gasteiger partial charge < -0.3 is 9.80 Å². The van der Waals surface area contributed by atoms with Crippen molar-refractivity contribution in [1.82, 2.24) is 0 Å². The zero-order chi connectivity index (χ0) is 43.2. The van der Waals surface area contributed by atoms with Crippen LogP contribution in [-0.4, -0.2) is 0 Å². The fourth-order valence-corrected chi connectivity index (χ4v) is 9.32. The first kappa shape index (κ1) is 39.7. The van der Waals surface area contributed by atoms with Crippen molar-refractivity contribution >= 4 is 39.7 Å². The lowest BCUT2D eigenvalue weighted by atomic mass is 9.78. The van der Waals surface area contributed by atoms with Crippen molar-refractivity contribution < 1.29 is 17.6 Å². The summed E-state index contributed by atoms with van der Waals surface area (Å²) >= 11 is 0. The normalized spacial score (nSPS) is 13.7. The average Bonchev–Trinajstić information content (AvgIpc) is 3.56. The lowest BCUT2D eigenvalue weighted by Gasteiger charge is -2.30. The minimum absolute atomic E-state index is 0.00855. The van der Waals surface area contributed by atoms with E-state index in [1.54, 1.807) is 48.5 Å². The third-order valence-corrected chi connectivity index (χ3v) is 12.5. The van der Waals surface area contributed by atoms with Crippen LogP contribution in [0.1, 0.15) is 37.8 Å². The third kappa shape index (κ3) is 7.02. The van der Waals surface area contributed by atoms with E-state index in [1.807, 2.05) is 95.9 Å². The Labute approximate surface area is 365 Å². The molecule has 0 radical (unpaired) electrons. The van der Waals surface area contributed by atoms with Gasteiger partial charge in [0.2, 0.25) is 0 Å². The Morgan fingerprint density at radius 1 is 0.429 bits per heavy atom. The van der Waals surface area contributed by atoms with E-state index in [-0.39, 0.29) is 11.0 Å². The number of rotatable bonds is 9. The fourth-order valence-electron chi connectivity index (χ4n) is 9.32. The second kappa shape index (κ2) is 16.1. The maximum Gasteiger partial charge on any atom is 0.186 e. The van der Waals surface area contributed by atoms with Gasteiger partial charge in [0.15, 0.2) is 23.3 Å². The highest BCUT2D eigenvalue weighted by molar-refractivity contribution is 5.90. The molecule has 6 heteroatoms. The SMILES string of the molecule is CC1(C)C2=C(C=CCC2)c2ccc(N(c3ccccc3)c3c(F)c(F)c(-c4ccc(N(c5ccc(-c6ccccc6)cc5)c5cccc(-c6ccccc6)c5)cc4)c(F)c3F)cc21. The number of benzene rings is 8. The number of fused-ring (bicyclic) bond motifs is 2. The largest absolute Gasteiger partial charge is 0.310 e. The van der Waals surface area contributed by atoms with E-state index in [1.165, 1.54) is 22.6 Å². The Morgan fingerprint density at radius 3 is 1.52 bits per heavy atom. The summed E-state index contributed by atoms with van der Waals surface area (Å²) in [6.45, 7) is 4.29. The molecule has 8 aromatic rings. The first-order chi connectivity index (χ1) is 30.7. The molecule has 308 valence electrons. The van der Waals surface area contributed by atoms with Crippen LogP contribution in [0.4, 0.5) is 51.7 Å². The summed E-state index contributed by atoms with van der Waals surface area (Å²) in [5.41, 5.74) is 9.83. The van der Waals surface area contributed by atoms with E-state index in [4.69, 9.17) is 0 Å². The Bertz CT molecular complexity index is 3020. The van der Waals surface area contributed by atoms with Crippen LogP contribution in [-0.2, 0) is 5.41 Å². The molecule has 2 aliphatic rings. The van der Waals surface area contributed by atoms with Crippen molar-refractivity contribution in [2.75, 3.05) is 9.80 Å². The van der Waals surface area contributed by atoms with Gasteiger partial charge in [-0.25, -0.2) is 17.6 Å². The molecule has 8 aromatic carbocycles. The van der Waals surface area contributed by atoms with E-state index >= 15 is 17.6 Å². The summed E-state index contributed by atoms with van der Waals surface area (Å²) in [5.74, 6) is -5.94. The zero-order valence-electron chi connectivity index (χ0n) is 34.8. The third-order valence-electron chi connectivity index (χ3n) is 12.5. The number of para-hydroxylation sites is 1. The minimum Gasteiger partial charge on any atom is -0.310 e. The van der Waals surface area contributed by atoms with Crippen LogP contribution in [0.5, 0.6) is 0 Å². The van der Waals surface area contributed by atoms with Gasteiger partial charge >= 0.3 is 0 Å². The summed E-state index contributed by atoms with van der Waals surface area (Å²) in [5, 5.41) is 0. The highest BCUT2D eigenvalue weighted by Gasteiger charge is 2.38. The number of hydrogen-bond donors (Lipinski definition) is 0. The average molecular weight is 831 g/mol. The van der Waals surface area contributed by atoms with Gasteiger partial charge in [0.1, 0.15) is 5.69 Å². The number of halogens is 4. The van der Waals surface area contributed by atoms with Crippen LogP contribution in [0.2, 0.25) is 0 Å². The first-order valence-electron chi connectivity index (χ1n) is 21.2. The first-order valence-corrected chi connectivity index (χ1v) is 21.2. The quantitative estimate of drug-likeness (QED) is 0.106. The van der Waals surface area contributed by atoms with Gasteiger partial charge in [-0.3, -0.25) is 0 Å². The molecular formula is C57H42F4N2. The molecule has 0 N–H and O–H groups in total. The zero-order valence-corrected chi connectivity index (χ0v) is 34.8. The highest BCUT2D eigenvalue weighted by atomic mass is 19.2. The summed E-state index contributed by atoms with van der Waals surface area (Å²) in [4.78, 5) is 3.32. The summed E-state index contributed by atoms with van der Waals surface area (Å²) in [6, 6.07) is 57.0. The van der Waals surface area contributed by atoms with Crippen LogP contribution in [0, 0.1) is 23.3 Å². The van der Waals surface area contributed by atoms with E-state index in [0.717, 1.165) is 63.2 Å². The van der Waals surface area contributed by atoms with E-state index in [0.29, 0.717) is 17.1 Å². The van der Waals surface area contributed by atoms with Gasteiger partial charge in [0, 0.05) is 33.9 Å². The monoisotopic (exact) mass is 830 g/mol. The fraction of sp³-hybridized carbons (Fsp3) is 0.0877. The molecule has 0 saturated carbocycles. The Balaban J connectivity index is 1.05. The molecule has 0 amide bonds. The maximum atomic E-state index is 16.8. The Kier molecular flexibility index (Phi) is 10.1. The molecule has 0 unspecified atom stereocenters. The van der Waals surface area contributed by atoms with Crippen molar-refractivity contribution in [2.45, 2.75) is 32.1 Å². The van der Waals surface area contributed by atoms with E-state index < -0.39 is 34.5 Å². The van der Waals surface area contributed by atoms with Crippen molar-refractivity contribution in [1.29, 1.82) is 0 Å². The maximum absolute atomic E-state index is 16.8. The molecule has 0 aliphatic heterocycles. The molecule has 63 heavy (non-hydrogen) atoms. The van der Waals surface area contributed by atoms with Gasteiger partial charge in [-0.2, -0.15) is 0 Å². The van der Waals surface area contributed by atoms with Gasteiger partial charge in [0.25, 0.3) is 0 Å². The minimum atomic E-state index is -1.49. The molecule has 0 atom stereocenters. The van der Waals surface area contributed by atoms with Crippen molar-refractivity contribution in [2.24, 2.45) is 0 Å². The molecule has 0 saturated heterocycles. The Hall–Kier alpha value is -7.44. The molecule has 0 heterocycles. The van der Waals surface area contributed by atoms with Crippen molar-refractivity contribution in [3.63, 3.8) is 0 Å². The standard InChI is InChI=1S/C57H42F4N2/c1-57(2)49-24-13-12-23-47(49)48-34-33-46(36-50(48)57)63(42-20-10-5-11-21-42)56-54(60)52(58)51(53(59)55(56)61)40-27-31-44(32-28-40)62(43-29-25-39(26-30-43)37-15-6-3-7-16-37)45-22-14-19-41(35-45)38-17-8-4-9-18-38/h3-12,14-23,25-36H,13,24H2,1-2H3. The van der Waals surface area contributed by atoms with Crippen LogP contribution < -0.4 is 9.80 Å². The van der Waals surface area contributed by atoms with Crippen molar-refractivity contribution in [3.05, 3.63) is 234 Å². The number of allylic oxidation sites excluding steroid dienone is 4. The van der Waals surface area contributed by atoms with Gasteiger partial charge in [0.05, 0.1) is 5.56 Å². The van der Waals surface area contributed by atoms with Gasteiger partial charge in [-0.1, -0.05) is 153 Å². The highest BCUT2D eigenvalue weighted by Crippen LogP contribution is 2.52. The number of nitrogens with zero attached hydrogens (tertiary/aromatic N) is 2. The Morgan fingerprint density at radius 2 is 0.905 bits per heavy atom. The summed E-state index contributed by atoms with van der Waals surface area (Å²) in [7, 11) is 0. The van der Waals surface area contributed by atoms with E-state index in [9.17, 15) is 0 Å². The van der Waals surface area contributed by atoms with Crippen LogP contribution in [0.3, 0.4) is 0 Å². The second-order valence-corrected chi connectivity index (χ2v) is 16.6. The number of anilines is 6. The predicted octanol–water partition coefficient (Wildman–Crippen LogP) is 16.6. The predicted molar refractivity (Wildman–Crippen MR) is 250 cm³/mol.